The fourth-order valence-corrected chi connectivity index (χ4v) is 0.755. The maximum Gasteiger partial charge on any atom is 0.173 e. The van der Waals surface area contributed by atoms with Gasteiger partial charge in [0.15, 0.2) is 11.1 Å². The number of hydrogen-bond acceptors (Lipinski definition) is 2. The average molecular weight is 151 g/mol. The smallest absolute Gasteiger partial charge is 0.173 e. The van der Waals surface area contributed by atoms with Crippen LogP contribution in [-0.4, -0.2) is 20.2 Å². The normalized spacial score (nSPS) is 15.6. The van der Waals surface area contributed by atoms with Gasteiger partial charge >= 0.3 is 0 Å². The number of hydrogen-bond donors (Lipinski definition) is 2. The van der Waals surface area contributed by atoms with E-state index in [0.717, 1.165) is 0 Å². The standard InChI is InChI=1S/C5H13NO2S/c1-4-6-5(2,3)9(7)8/h6H,4H2,1-3H3,(H,7,8). The summed E-state index contributed by atoms with van der Waals surface area (Å²) < 4.78 is 19.1. The van der Waals surface area contributed by atoms with Crippen molar-refractivity contribution < 1.29 is 8.76 Å². The monoisotopic (exact) mass is 151 g/mol. The predicted octanol–water partition coefficient (Wildman–Crippen LogP) is 0.554. The van der Waals surface area contributed by atoms with Crippen LogP contribution in [0.25, 0.3) is 0 Å². The third kappa shape index (κ3) is 2.93. The van der Waals surface area contributed by atoms with Crippen LogP contribution in [-0.2, 0) is 11.1 Å². The highest BCUT2D eigenvalue weighted by molar-refractivity contribution is 7.80. The van der Waals surface area contributed by atoms with Gasteiger partial charge in [-0.15, -0.1) is 0 Å². The summed E-state index contributed by atoms with van der Waals surface area (Å²) in [5.41, 5.74) is 0. The van der Waals surface area contributed by atoms with Gasteiger partial charge in [0.25, 0.3) is 0 Å². The lowest BCUT2D eigenvalue weighted by atomic mass is 10.4. The lowest BCUT2D eigenvalue weighted by molar-refractivity contribution is 0.470. The Balaban J connectivity index is 3.85. The molecule has 0 heterocycles. The fraction of sp³-hybridized carbons (Fsp3) is 1.00. The van der Waals surface area contributed by atoms with E-state index in [2.05, 4.69) is 5.32 Å². The molecule has 0 spiro atoms. The molecule has 0 saturated carbocycles. The summed E-state index contributed by atoms with van der Waals surface area (Å²) in [5.74, 6) is 0. The minimum Gasteiger partial charge on any atom is -0.305 e. The van der Waals surface area contributed by atoms with Gasteiger partial charge in [-0.25, -0.2) is 4.21 Å². The van der Waals surface area contributed by atoms with E-state index in [1.807, 2.05) is 6.92 Å². The highest BCUT2D eigenvalue weighted by atomic mass is 32.2. The van der Waals surface area contributed by atoms with E-state index >= 15 is 0 Å². The molecule has 0 aromatic heterocycles. The number of nitrogens with one attached hydrogen (secondary N) is 1. The van der Waals surface area contributed by atoms with Crippen LogP contribution in [0.5, 0.6) is 0 Å². The van der Waals surface area contributed by atoms with Gasteiger partial charge in [0.1, 0.15) is 4.87 Å². The highest BCUT2D eigenvalue weighted by Gasteiger charge is 2.22. The molecule has 1 unspecified atom stereocenters. The van der Waals surface area contributed by atoms with Gasteiger partial charge in [0.2, 0.25) is 0 Å². The lowest BCUT2D eigenvalue weighted by Gasteiger charge is -2.20. The van der Waals surface area contributed by atoms with Crippen LogP contribution < -0.4 is 5.32 Å². The average Bonchev–Trinajstić information content (AvgIpc) is 1.65. The van der Waals surface area contributed by atoms with Crippen LogP contribution >= 0.6 is 0 Å². The van der Waals surface area contributed by atoms with E-state index in [9.17, 15) is 4.21 Å². The van der Waals surface area contributed by atoms with E-state index in [4.69, 9.17) is 4.55 Å². The van der Waals surface area contributed by atoms with Crippen LogP contribution in [0.3, 0.4) is 0 Å². The van der Waals surface area contributed by atoms with Gasteiger partial charge in [-0.05, 0) is 20.4 Å². The maximum absolute atomic E-state index is 10.5. The van der Waals surface area contributed by atoms with Gasteiger partial charge in [-0.1, -0.05) is 6.92 Å². The summed E-state index contributed by atoms with van der Waals surface area (Å²) in [5, 5.41) is 2.87. The van der Waals surface area contributed by atoms with Crippen molar-refractivity contribution in [2.75, 3.05) is 6.54 Å². The van der Waals surface area contributed by atoms with Crippen LogP contribution in [0.4, 0.5) is 0 Å². The summed E-state index contributed by atoms with van der Waals surface area (Å²) in [7, 11) is 0. The maximum atomic E-state index is 10.5. The first kappa shape index (κ1) is 9.07. The molecular formula is C5H13NO2S. The first-order valence-electron chi connectivity index (χ1n) is 2.86. The van der Waals surface area contributed by atoms with Gasteiger partial charge in [-0.2, -0.15) is 0 Å². The van der Waals surface area contributed by atoms with Crippen molar-refractivity contribution in [2.24, 2.45) is 0 Å². The van der Waals surface area contributed by atoms with Crippen LogP contribution in [0.15, 0.2) is 0 Å². The summed E-state index contributed by atoms with van der Waals surface area (Å²) in [6.45, 7) is 5.98. The van der Waals surface area contributed by atoms with Crippen LogP contribution in [0, 0.1) is 0 Å². The minimum atomic E-state index is -1.79. The Bertz CT molecular complexity index is 114. The molecule has 0 radical (unpaired) electrons. The zero-order chi connectivity index (χ0) is 7.49. The Morgan fingerprint density at radius 2 is 2.11 bits per heavy atom. The molecule has 0 saturated heterocycles. The van der Waals surface area contributed by atoms with Gasteiger partial charge in [0, 0.05) is 0 Å². The van der Waals surface area contributed by atoms with Gasteiger partial charge in [0.05, 0.1) is 0 Å². The molecule has 0 aliphatic rings. The SMILES string of the molecule is CCNC(C)(C)S(=O)O. The molecule has 4 heteroatoms. The molecule has 9 heavy (non-hydrogen) atoms. The van der Waals surface area contributed by atoms with Crippen molar-refractivity contribution in [2.45, 2.75) is 25.6 Å². The predicted molar refractivity (Wildman–Crippen MR) is 38.5 cm³/mol. The first-order chi connectivity index (χ1) is 4.00. The second-order valence-corrected chi connectivity index (χ2v) is 3.81. The summed E-state index contributed by atoms with van der Waals surface area (Å²) in [6.07, 6.45) is 0. The molecule has 0 bridgehead atoms. The van der Waals surface area contributed by atoms with E-state index in [-0.39, 0.29) is 0 Å². The summed E-state index contributed by atoms with van der Waals surface area (Å²) in [6, 6.07) is 0. The summed E-state index contributed by atoms with van der Waals surface area (Å²) >= 11 is -1.79. The highest BCUT2D eigenvalue weighted by Crippen LogP contribution is 2.04. The molecular weight excluding hydrogens is 138 g/mol. The molecule has 0 rings (SSSR count). The minimum absolute atomic E-state index is 0.672. The number of rotatable bonds is 3. The van der Waals surface area contributed by atoms with Gasteiger partial charge in [-0.3, -0.25) is 5.32 Å². The first-order valence-corrected chi connectivity index (χ1v) is 3.97. The van der Waals surface area contributed by atoms with Crippen molar-refractivity contribution in [3.63, 3.8) is 0 Å². The third-order valence-corrected chi connectivity index (χ3v) is 2.06. The molecule has 1 atom stereocenters. The Hall–Kier alpha value is 0.0700. The van der Waals surface area contributed by atoms with E-state index in [1.54, 1.807) is 13.8 Å². The Morgan fingerprint density at radius 3 is 2.22 bits per heavy atom. The van der Waals surface area contributed by atoms with Crippen molar-refractivity contribution >= 4 is 11.1 Å². The molecule has 0 aromatic rings. The van der Waals surface area contributed by atoms with Crippen molar-refractivity contribution in [3.8, 4) is 0 Å². The Morgan fingerprint density at radius 1 is 1.67 bits per heavy atom. The second kappa shape index (κ2) is 3.29. The molecule has 0 aliphatic heterocycles. The molecule has 0 fully saturated rings. The van der Waals surface area contributed by atoms with E-state index < -0.39 is 16.0 Å². The largest absolute Gasteiger partial charge is 0.305 e. The quantitative estimate of drug-likeness (QED) is 0.579. The van der Waals surface area contributed by atoms with E-state index in [0.29, 0.717) is 6.54 Å². The Labute approximate surface area is 58.1 Å². The van der Waals surface area contributed by atoms with E-state index in [1.165, 1.54) is 0 Å². The van der Waals surface area contributed by atoms with Crippen molar-refractivity contribution in [1.29, 1.82) is 0 Å². The lowest BCUT2D eigenvalue weighted by Crippen LogP contribution is -2.42. The van der Waals surface area contributed by atoms with Gasteiger partial charge < -0.3 is 4.55 Å². The zero-order valence-electron chi connectivity index (χ0n) is 5.97. The fourth-order valence-electron chi connectivity index (χ4n) is 0.487. The van der Waals surface area contributed by atoms with Crippen LogP contribution in [0.2, 0.25) is 0 Å². The molecule has 0 aromatic carbocycles. The molecule has 0 amide bonds. The zero-order valence-corrected chi connectivity index (χ0v) is 6.79. The topological polar surface area (TPSA) is 49.3 Å². The molecule has 2 N–H and O–H groups in total. The van der Waals surface area contributed by atoms with Crippen molar-refractivity contribution in [1.82, 2.24) is 5.32 Å². The Kier molecular flexibility index (Phi) is 3.32. The van der Waals surface area contributed by atoms with Crippen LogP contribution in [0.1, 0.15) is 20.8 Å². The molecule has 56 valence electrons. The molecule has 3 nitrogen and oxygen atoms in total. The molecule has 0 aliphatic carbocycles. The third-order valence-electron chi connectivity index (χ3n) is 1.04. The summed E-state index contributed by atoms with van der Waals surface area (Å²) in [4.78, 5) is -0.672. The van der Waals surface area contributed by atoms with Crippen molar-refractivity contribution in [3.05, 3.63) is 0 Å². The second-order valence-electron chi connectivity index (χ2n) is 2.29.